The van der Waals surface area contributed by atoms with Crippen molar-refractivity contribution in [3.63, 3.8) is 0 Å². The Bertz CT molecular complexity index is 1500. The number of amides is 1. The molecule has 5 rings (SSSR count). The van der Waals surface area contributed by atoms with Gasteiger partial charge in [0, 0.05) is 28.5 Å². The second-order valence-electron chi connectivity index (χ2n) is 9.46. The lowest BCUT2D eigenvalue weighted by Gasteiger charge is -2.12. The molecule has 2 aromatic carbocycles. The van der Waals surface area contributed by atoms with E-state index in [-0.39, 0.29) is 11.7 Å². The molecule has 0 spiro atoms. The number of rotatable bonds is 7. The van der Waals surface area contributed by atoms with E-state index in [1.165, 1.54) is 22.8 Å². The summed E-state index contributed by atoms with van der Waals surface area (Å²) in [6.45, 7) is 6.61. The molecule has 4 nitrogen and oxygen atoms in total. The summed E-state index contributed by atoms with van der Waals surface area (Å²) in [5.41, 5.74) is 8.01. The van der Waals surface area contributed by atoms with Crippen molar-refractivity contribution in [2.45, 2.75) is 46.0 Å². The predicted octanol–water partition coefficient (Wildman–Crippen LogP) is 7.48. The van der Waals surface area contributed by atoms with Gasteiger partial charge in [0.25, 0.3) is 5.91 Å². The number of imidazole rings is 1. The first-order chi connectivity index (χ1) is 17.4. The fourth-order valence-electron chi connectivity index (χ4n) is 4.73. The van der Waals surface area contributed by atoms with Crippen molar-refractivity contribution in [1.82, 2.24) is 14.7 Å². The van der Waals surface area contributed by atoms with E-state index in [0.717, 1.165) is 36.2 Å². The van der Waals surface area contributed by atoms with Crippen LogP contribution in [0.2, 0.25) is 0 Å². The van der Waals surface area contributed by atoms with Gasteiger partial charge in [-0.05, 0) is 92.5 Å². The Hall–Kier alpha value is -3.25. The molecule has 1 fully saturated rings. The number of nitrogens with zero attached hydrogens (tertiary/aromatic N) is 2. The van der Waals surface area contributed by atoms with Crippen LogP contribution in [0.25, 0.3) is 22.5 Å². The van der Waals surface area contributed by atoms with E-state index in [9.17, 15) is 9.18 Å². The Labute approximate surface area is 219 Å². The number of carbonyl (C=O) groups is 1. The molecule has 1 N–H and O–H groups in total. The van der Waals surface area contributed by atoms with Crippen molar-refractivity contribution in [3.05, 3.63) is 99.0 Å². The molecule has 1 saturated carbocycles. The largest absolute Gasteiger partial charge is 0.352 e. The number of aryl methyl sites for hydroxylation is 1. The normalized spacial score (nSPS) is 13.9. The molecular formula is C30H29BrFN3O. The van der Waals surface area contributed by atoms with Gasteiger partial charge >= 0.3 is 0 Å². The van der Waals surface area contributed by atoms with Crippen LogP contribution in [0, 0.1) is 12.7 Å². The lowest BCUT2D eigenvalue weighted by Crippen LogP contribution is -2.26. The molecule has 1 aliphatic rings. The lowest BCUT2D eigenvalue weighted by molar-refractivity contribution is 0.0953. The molecule has 4 aromatic rings. The summed E-state index contributed by atoms with van der Waals surface area (Å²) in [6, 6.07) is 15.3. The van der Waals surface area contributed by atoms with Crippen molar-refractivity contribution in [2.75, 3.05) is 6.54 Å². The number of carbonyl (C=O) groups excluding carboxylic acids is 1. The zero-order valence-corrected chi connectivity index (χ0v) is 22.3. The number of hydrogen-bond donors (Lipinski definition) is 1. The number of aromatic nitrogens is 2. The maximum atomic E-state index is 14.8. The van der Waals surface area contributed by atoms with E-state index in [4.69, 9.17) is 4.98 Å². The average molecular weight is 546 g/mol. The highest BCUT2D eigenvalue weighted by Crippen LogP contribution is 2.43. The first-order valence-corrected chi connectivity index (χ1v) is 13.1. The van der Waals surface area contributed by atoms with Crippen LogP contribution in [-0.2, 0) is 6.42 Å². The topological polar surface area (TPSA) is 46.4 Å². The van der Waals surface area contributed by atoms with Crippen LogP contribution in [0.3, 0.4) is 0 Å². The molecule has 0 radical (unpaired) electrons. The van der Waals surface area contributed by atoms with Gasteiger partial charge in [-0.2, -0.15) is 0 Å². The van der Waals surface area contributed by atoms with Gasteiger partial charge in [0.15, 0.2) is 0 Å². The van der Waals surface area contributed by atoms with Gasteiger partial charge in [-0.1, -0.05) is 46.3 Å². The summed E-state index contributed by atoms with van der Waals surface area (Å²) in [4.78, 5) is 18.0. The molecule has 36 heavy (non-hydrogen) atoms. The fraction of sp³-hybridized carbons (Fsp3) is 0.267. The minimum atomic E-state index is -0.324. The number of halogens is 2. The third-order valence-electron chi connectivity index (χ3n) is 7.01. The maximum absolute atomic E-state index is 14.8. The van der Waals surface area contributed by atoms with Crippen LogP contribution in [0.5, 0.6) is 0 Å². The third kappa shape index (κ3) is 4.74. The average Bonchev–Trinajstić information content (AvgIpc) is 3.67. The standard InChI is InChI=1S/C30H29BrFN3O/c1-4-18(2)24-8-6-5-7-20(24)13-14-33-30(36)22-15-26(21-9-10-21)29-34-28(19(3)35(29)17-22)25-12-11-23(31)16-27(25)32/h4-8,11-12,15-17,21H,9-10,13-14H2,1-3H3,(H,33,36)/b18-4-. The van der Waals surface area contributed by atoms with Crippen LogP contribution in [0.15, 0.2) is 65.3 Å². The van der Waals surface area contributed by atoms with Crippen LogP contribution >= 0.6 is 15.9 Å². The van der Waals surface area contributed by atoms with Crippen LogP contribution in [0.1, 0.15) is 65.3 Å². The maximum Gasteiger partial charge on any atom is 0.252 e. The molecule has 2 heterocycles. The summed E-state index contributed by atoms with van der Waals surface area (Å²) < 4.78 is 17.4. The van der Waals surface area contributed by atoms with Crippen LogP contribution in [-0.4, -0.2) is 21.8 Å². The van der Waals surface area contributed by atoms with Crippen molar-refractivity contribution in [1.29, 1.82) is 0 Å². The first kappa shape index (κ1) is 24.4. The fourth-order valence-corrected chi connectivity index (χ4v) is 5.06. The molecule has 2 aromatic heterocycles. The summed E-state index contributed by atoms with van der Waals surface area (Å²) in [7, 11) is 0. The number of nitrogens with one attached hydrogen (secondary N) is 1. The summed E-state index contributed by atoms with van der Waals surface area (Å²) in [5.74, 6) is -0.0425. The zero-order valence-electron chi connectivity index (χ0n) is 20.7. The van der Waals surface area contributed by atoms with E-state index in [1.807, 2.05) is 48.7 Å². The molecule has 0 atom stereocenters. The van der Waals surface area contributed by atoms with E-state index >= 15 is 0 Å². The van der Waals surface area contributed by atoms with E-state index in [1.54, 1.807) is 6.07 Å². The monoisotopic (exact) mass is 545 g/mol. The summed E-state index contributed by atoms with van der Waals surface area (Å²) >= 11 is 3.32. The van der Waals surface area contributed by atoms with E-state index in [2.05, 4.69) is 46.4 Å². The quantitative estimate of drug-likeness (QED) is 0.261. The van der Waals surface area contributed by atoms with Gasteiger partial charge in [-0.3, -0.25) is 4.79 Å². The number of hydrogen-bond acceptors (Lipinski definition) is 2. The Kier molecular flexibility index (Phi) is 6.80. The minimum Gasteiger partial charge on any atom is -0.352 e. The molecule has 6 heteroatoms. The van der Waals surface area contributed by atoms with Crippen LogP contribution in [0.4, 0.5) is 4.39 Å². The predicted molar refractivity (Wildman–Crippen MR) is 147 cm³/mol. The Morgan fingerprint density at radius 3 is 2.72 bits per heavy atom. The highest BCUT2D eigenvalue weighted by Gasteiger charge is 2.29. The Morgan fingerprint density at radius 1 is 1.22 bits per heavy atom. The second kappa shape index (κ2) is 10.0. The van der Waals surface area contributed by atoms with Crippen LogP contribution < -0.4 is 5.32 Å². The summed E-state index contributed by atoms with van der Waals surface area (Å²) in [6.07, 6.45) is 6.85. The zero-order chi connectivity index (χ0) is 25.4. The van der Waals surface area contributed by atoms with Crippen molar-refractivity contribution in [2.24, 2.45) is 0 Å². The highest BCUT2D eigenvalue weighted by molar-refractivity contribution is 9.10. The smallest absolute Gasteiger partial charge is 0.252 e. The SMILES string of the molecule is C/C=C(/C)c1ccccc1CCNC(=O)c1cc(C2CC2)c2nc(-c3ccc(Br)cc3F)c(C)n2c1. The highest BCUT2D eigenvalue weighted by atomic mass is 79.9. The van der Waals surface area contributed by atoms with E-state index in [0.29, 0.717) is 33.8 Å². The molecule has 0 unspecified atom stereocenters. The molecular weight excluding hydrogens is 517 g/mol. The first-order valence-electron chi connectivity index (χ1n) is 12.3. The van der Waals surface area contributed by atoms with Gasteiger partial charge in [-0.15, -0.1) is 0 Å². The van der Waals surface area contributed by atoms with Gasteiger partial charge in [0.2, 0.25) is 0 Å². The molecule has 1 aliphatic carbocycles. The van der Waals surface area contributed by atoms with Crippen molar-refractivity contribution >= 4 is 33.1 Å². The number of allylic oxidation sites excluding steroid dienone is 2. The van der Waals surface area contributed by atoms with Gasteiger partial charge < -0.3 is 9.72 Å². The van der Waals surface area contributed by atoms with Crippen molar-refractivity contribution in [3.8, 4) is 11.3 Å². The Balaban J connectivity index is 1.43. The number of fused-ring (bicyclic) bond motifs is 1. The second-order valence-corrected chi connectivity index (χ2v) is 10.4. The van der Waals surface area contributed by atoms with Crippen molar-refractivity contribution < 1.29 is 9.18 Å². The van der Waals surface area contributed by atoms with Gasteiger partial charge in [-0.25, -0.2) is 9.37 Å². The van der Waals surface area contributed by atoms with Gasteiger partial charge in [0.05, 0.1) is 11.3 Å². The number of benzene rings is 2. The molecule has 0 saturated heterocycles. The third-order valence-corrected chi connectivity index (χ3v) is 7.50. The molecule has 184 valence electrons. The molecule has 0 aliphatic heterocycles. The van der Waals surface area contributed by atoms with E-state index < -0.39 is 0 Å². The Morgan fingerprint density at radius 2 is 2.00 bits per heavy atom. The summed E-state index contributed by atoms with van der Waals surface area (Å²) in [5, 5.41) is 3.10. The molecule has 1 amide bonds. The number of pyridine rings is 1. The lowest BCUT2D eigenvalue weighted by atomic mass is 9.98. The van der Waals surface area contributed by atoms with Gasteiger partial charge in [0.1, 0.15) is 11.5 Å². The molecule has 0 bridgehead atoms. The minimum absolute atomic E-state index is 0.108.